The summed E-state index contributed by atoms with van der Waals surface area (Å²) in [5.74, 6) is 0.395. The Morgan fingerprint density at radius 2 is 2.17 bits per heavy atom. The van der Waals surface area contributed by atoms with Crippen molar-refractivity contribution in [2.75, 3.05) is 18.0 Å². The molecule has 0 unspecified atom stereocenters. The summed E-state index contributed by atoms with van der Waals surface area (Å²) in [6.07, 6.45) is 0.378. The molecule has 1 rings (SSSR count). The second-order valence-electron chi connectivity index (χ2n) is 4.63. The fraction of sp³-hybridized carbons (Fsp3) is 0.500. The molecule has 0 aliphatic rings. The molecule has 0 aliphatic carbocycles. The first-order valence-electron chi connectivity index (χ1n) is 6.05. The minimum Gasteiger partial charge on any atom is -0.368 e. The summed E-state index contributed by atoms with van der Waals surface area (Å²) in [5, 5.41) is 8.70. The molecule has 0 aliphatic heterocycles. The van der Waals surface area contributed by atoms with Crippen LogP contribution in [0.3, 0.4) is 0 Å². The maximum absolute atomic E-state index is 14.0. The molecule has 0 bridgehead atoms. The van der Waals surface area contributed by atoms with Crippen LogP contribution >= 0.6 is 11.6 Å². The number of nitrogens with zero attached hydrogens (tertiary/aromatic N) is 2. The first-order valence-corrected chi connectivity index (χ1v) is 6.58. The molecule has 1 aromatic carbocycles. The van der Waals surface area contributed by atoms with Gasteiger partial charge in [-0.25, -0.2) is 4.39 Å². The Bertz CT molecular complexity index is 426. The minimum absolute atomic E-state index is 0.272. The van der Waals surface area contributed by atoms with E-state index in [2.05, 4.69) is 19.9 Å². The monoisotopic (exact) mass is 268 g/mol. The van der Waals surface area contributed by atoms with Crippen molar-refractivity contribution in [2.45, 2.75) is 26.1 Å². The standard InChI is InChI=1S/C14H18ClFN2/c1-11(2)10-18(8-4-7-17)14-12(9-15)5-3-6-13(14)16/h3,5-6,11H,4,8-10H2,1-2H3. The van der Waals surface area contributed by atoms with Crippen LogP contribution in [-0.2, 0) is 5.88 Å². The molecule has 0 heterocycles. The van der Waals surface area contributed by atoms with Crippen LogP contribution in [0.4, 0.5) is 10.1 Å². The van der Waals surface area contributed by atoms with Gasteiger partial charge in [-0.05, 0) is 17.5 Å². The van der Waals surface area contributed by atoms with Gasteiger partial charge in [-0.15, -0.1) is 11.6 Å². The number of rotatable bonds is 6. The largest absolute Gasteiger partial charge is 0.368 e. The summed E-state index contributed by atoms with van der Waals surface area (Å²) >= 11 is 5.86. The summed E-state index contributed by atoms with van der Waals surface area (Å²) in [4.78, 5) is 1.92. The van der Waals surface area contributed by atoms with E-state index < -0.39 is 0 Å². The summed E-state index contributed by atoms with van der Waals surface area (Å²) in [6.45, 7) is 5.38. The highest BCUT2D eigenvalue weighted by molar-refractivity contribution is 6.17. The molecule has 1 aromatic rings. The fourth-order valence-electron chi connectivity index (χ4n) is 1.94. The van der Waals surface area contributed by atoms with Crippen LogP contribution in [0, 0.1) is 23.1 Å². The normalized spacial score (nSPS) is 10.4. The number of halogens is 2. The molecule has 0 radical (unpaired) electrons. The zero-order valence-corrected chi connectivity index (χ0v) is 11.5. The van der Waals surface area contributed by atoms with Crippen LogP contribution in [0.15, 0.2) is 18.2 Å². The van der Waals surface area contributed by atoms with E-state index in [9.17, 15) is 4.39 Å². The molecule has 18 heavy (non-hydrogen) atoms. The smallest absolute Gasteiger partial charge is 0.146 e. The zero-order valence-electron chi connectivity index (χ0n) is 10.8. The van der Waals surface area contributed by atoms with Gasteiger partial charge in [-0.3, -0.25) is 0 Å². The van der Waals surface area contributed by atoms with E-state index in [1.54, 1.807) is 6.07 Å². The Morgan fingerprint density at radius 3 is 2.72 bits per heavy atom. The summed E-state index contributed by atoms with van der Waals surface area (Å²) < 4.78 is 14.0. The van der Waals surface area contributed by atoms with Crippen molar-refractivity contribution in [1.82, 2.24) is 0 Å². The van der Waals surface area contributed by atoms with Gasteiger partial charge in [0, 0.05) is 19.0 Å². The SMILES string of the molecule is CC(C)CN(CCC#N)c1c(F)cccc1CCl. The molecule has 0 saturated heterocycles. The maximum Gasteiger partial charge on any atom is 0.146 e. The van der Waals surface area contributed by atoms with Crippen molar-refractivity contribution in [2.24, 2.45) is 5.92 Å². The Kier molecular flexibility index (Phi) is 5.94. The third kappa shape index (κ3) is 3.89. The highest BCUT2D eigenvalue weighted by Crippen LogP contribution is 2.27. The number of anilines is 1. The van der Waals surface area contributed by atoms with Crippen molar-refractivity contribution in [3.05, 3.63) is 29.6 Å². The quantitative estimate of drug-likeness (QED) is 0.731. The van der Waals surface area contributed by atoms with Crippen LogP contribution < -0.4 is 4.90 Å². The number of benzene rings is 1. The van der Waals surface area contributed by atoms with Gasteiger partial charge in [0.15, 0.2) is 0 Å². The lowest BCUT2D eigenvalue weighted by Gasteiger charge is -2.28. The topological polar surface area (TPSA) is 27.0 Å². The van der Waals surface area contributed by atoms with Crippen LogP contribution in [-0.4, -0.2) is 13.1 Å². The lowest BCUT2D eigenvalue weighted by molar-refractivity contribution is 0.580. The number of hydrogen-bond acceptors (Lipinski definition) is 2. The van der Waals surface area contributed by atoms with Crippen molar-refractivity contribution < 1.29 is 4.39 Å². The second-order valence-corrected chi connectivity index (χ2v) is 4.90. The van der Waals surface area contributed by atoms with Crippen molar-refractivity contribution in [3.63, 3.8) is 0 Å². The number of alkyl halides is 1. The van der Waals surface area contributed by atoms with Crippen LogP contribution in [0.25, 0.3) is 0 Å². The van der Waals surface area contributed by atoms with Gasteiger partial charge in [0.25, 0.3) is 0 Å². The Hall–Kier alpha value is -1.27. The van der Waals surface area contributed by atoms with Gasteiger partial charge in [-0.1, -0.05) is 26.0 Å². The molecule has 0 spiro atoms. The molecule has 0 fully saturated rings. The highest BCUT2D eigenvalue weighted by atomic mass is 35.5. The van der Waals surface area contributed by atoms with E-state index in [0.29, 0.717) is 31.1 Å². The first-order chi connectivity index (χ1) is 8.60. The fourth-order valence-corrected chi connectivity index (χ4v) is 2.16. The molecular formula is C14H18ClFN2. The predicted octanol–water partition coefficient (Wildman–Crippen LogP) is 3.94. The first kappa shape index (κ1) is 14.8. The lowest BCUT2D eigenvalue weighted by atomic mass is 10.1. The van der Waals surface area contributed by atoms with Crippen LogP contribution in [0.1, 0.15) is 25.8 Å². The molecule has 98 valence electrons. The molecule has 0 atom stereocenters. The van der Waals surface area contributed by atoms with Gasteiger partial charge in [0.05, 0.1) is 18.2 Å². The molecule has 0 N–H and O–H groups in total. The van der Waals surface area contributed by atoms with Gasteiger partial charge in [-0.2, -0.15) is 5.26 Å². The van der Waals surface area contributed by atoms with E-state index in [4.69, 9.17) is 16.9 Å². The number of para-hydroxylation sites is 1. The lowest BCUT2D eigenvalue weighted by Crippen LogP contribution is -2.30. The zero-order chi connectivity index (χ0) is 13.5. The second kappa shape index (κ2) is 7.23. The summed E-state index contributed by atoms with van der Waals surface area (Å²) in [7, 11) is 0. The predicted molar refractivity (Wildman–Crippen MR) is 73.2 cm³/mol. The minimum atomic E-state index is -0.272. The molecular weight excluding hydrogens is 251 g/mol. The van der Waals surface area contributed by atoms with Crippen LogP contribution in [0.5, 0.6) is 0 Å². The molecule has 0 saturated carbocycles. The van der Waals surface area contributed by atoms with Crippen molar-refractivity contribution >= 4 is 17.3 Å². The van der Waals surface area contributed by atoms with E-state index in [0.717, 1.165) is 5.56 Å². The molecule has 0 amide bonds. The Labute approximate surface area is 113 Å². The van der Waals surface area contributed by atoms with Crippen molar-refractivity contribution in [3.8, 4) is 6.07 Å². The summed E-state index contributed by atoms with van der Waals surface area (Å²) in [6, 6.07) is 7.02. The molecule has 2 nitrogen and oxygen atoms in total. The maximum atomic E-state index is 14.0. The van der Waals surface area contributed by atoms with Crippen LogP contribution in [0.2, 0.25) is 0 Å². The van der Waals surface area contributed by atoms with Gasteiger partial charge >= 0.3 is 0 Å². The van der Waals surface area contributed by atoms with E-state index in [1.165, 1.54) is 6.07 Å². The Balaban J connectivity index is 3.07. The van der Waals surface area contributed by atoms with Gasteiger partial charge in [0.1, 0.15) is 5.82 Å². The third-order valence-electron chi connectivity index (χ3n) is 2.61. The van der Waals surface area contributed by atoms with E-state index in [-0.39, 0.29) is 11.7 Å². The summed E-state index contributed by atoms with van der Waals surface area (Å²) in [5.41, 5.74) is 1.31. The van der Waals surface area contributed by atoms with Gasteiger partial charge < -0.3 is 4.90 Å². The number of nitriles is 1. The Morgan fingerprint density at radius 1 is 1.44 bits per heavy atom. The van der Waals surface area contributed by atoms with E-state index >= 15 is 0 Å². The molecule has 0 aromatic heterocycles. The number of hydrogen-bond donors (Lipinski definition) is 0. The van der Waals surface area contributed by atoms with E-state index in [1.807, 2.05) is 11.0 Å². The average Bonchev–Trinajstić information content (AvgIpc) is 2.34. The molecule has 4 heteroatoms. The third-order valence-corrected chi connectivity index (χ3v) is 2.90. The average molecular weight is 269 g/mol. The van der Waals surface area contributed by atoms with Crippen molar-refractivity contribution in [1.29, 1.82) is 5.26 Å². The highest BCUT2D eigenvalue weighted by Gasteiger charge is 2.16. The van der Waals surface area contributed by atoms with Gasteiger partial charge in [0.2, 0.25) is 0 Å².